The third kappa shape index (κ3) is 2.51. The Kier molecular flexibility index (Phi) is 3.62. The topological polar surface area (TPSA) is 55.8 Å². The molecular formula is C13H13NO4. The van der Waals surface area contributed by atoms with Crippen LogP contribution in [0.1, 0.15) is 10.4 Å². The van der Waals surface area contributed by atoms with Crippen LogP contribution in [0.4, 0.5) is 10.5 Å². The maximum atomic E-state index is 11.7. The first kappa shape index (κ1) is 12.2. The molecule has 1 heterocycles. The van der Waals surface area contributed by atoms with Crippen molar-refractivity contribution in [2.75, 3.05) is 25.2 Å². The highest BCUT2D eigenvalue weighted by Crippen LogP contribution is 2.18. The van der Waals surface area contributed by atoms with Gasteiger partial charge in [0.25, 0.3) is 0 Å². The summed E-state index contributed by atoms with van der Waals surface area (Å²) in [5, 5.41) is 0. The molecule has 2 rings (SSSR count). The van der Waals surface area contributed by atoms with Gasteiger partial charge in [-0.25, -0.2) is 9.59 Å². The first-order valence-corrected chi connectivity index (χ1v) is 5.50. The predicted molar refractivity (Wildman–Crippen MR) is 65.6 cm³/mol. The summed E-state index contributed by atoms with van der Waals surface area (Å²) in [5.41, 5.74) is 1.12. The van der Waals surface area contributed by atoms with Crippen LogP contribution in [-0.4, -0.2) is 32.3 Å². The van der Waals surface area contributed by atoms with E-state index in [0.717, 1.165) is 0 Å². The molecule has 0 fully saturated rings. The predicted octanol–water partition coefficient (Wildman–Crippen LogP) is 1.99. The number of amides is 1. The molecule has 0 radical (unpaired) electrons. The summed E-state index contributed by atoms with van der Waals surface area (Å²) < 4.78 is 9.58. The van der Waals surface area contributed by atoms with E-state index in [-0.39, 0.29) is 6.61 Å². The van der Waals surface area contributed by atoms with Gasteiger partial charge in [0.15, 0.2) is 0 Å². The molecule has 1 aromatic carbocycles. The Morgan fingerprint density at radius 3 is 2.67 bits per heavy atom. The average molecular weight is 247 g/mol. The van der Waals surface area contributed by atoms with E-state index in [2.05, 4.69) is 4.74 Å². The Morgan fingerprint density at radius 2 is 2.00 bits per heavy atom. The molecule has 1 aliphatic heterocycles. The summed E-state index contributed by atoms with van der Waals surface area (Å²) >= 11 is 0. The summed E-state index contributed by atoms with van der Waals surface area (Å²) in [6, 6.07) is 6.60. The van der Waals surface area contributed by atoms with Crippen molar-refractivity contribution in [1.82, 2.24) is 0 Å². The number of nitrogens with zero attached hydrogens (tertiary/aromatic N) is 1. The molecule has 0 saturated heterocycles. The Hall–Kier alpha value is -2.30. The van der Waals surface area contributed by atoms with E-state index in [9.17, 15) is 9.59 Å². The third-order valence-corrected chi connectivity index (χ3v) is 2.58. The van der Waals surface area contributed by atoms with Crippen molar-refractivity contribution in [2.45, 2.75) is 0 Å². The van der Waals surface area contributed by atoms with Crippen LogP contribution in [0, 0.1) is 0 Å². The maximum Gasteiger partial charge on any atom is 0.414 e. The van der Waals surface area contributed by atoms with Crippen LogP contribution in [0.25, 0.3) is 0 Å². The smallest absolute Gasteiger partial charge is 0.414 e. The summed E-state index contributed by atoms with van der Waals surface area (Å²) in [6.45, 7) is 0.742. The van der Waals surface area contributed by atoms with Crippen molar-refractivity contribution in [2.24, 2.45) is 0 Å². The van der Waals surface area contributed by atoms with E-state index in [0.29, 0.717) is 17.8 Å². The lowest BCUT2D eigenvalue weighted by molar-refractivity contribution is 0.0600. The van der Waals surface area contributed by atoms with Crippen molar-refractivity contribution < 1.29 is 19.1 Å². The number of anilines is 1. The highest BCUT2D eigenvalue weighted by Gasteiger charge is 2.17. The molecule has 5 nitrogen and oxygen atoms in total. The van der Waals surface area contributed by atoms with Gasteiger partial charge in [-0.05, 0) is 30.3 Å². The minimum absolute atomic E-state index is 0.287. The van der Waals surface area contributed by atoms with Crippen LogP contribution < -0.4 is 4.90 Å². The van der Waals surface area contributed by atoms with Crippen molar-refractivity contribution in [3.63, 3.8) is 0 Å². The van der Waals surface area contributed by atoms with Gasteiger partial charge < -0.3 is 9.47 Å². The van der Waals surface area contributed by atoms with Crippen molar-refractivity contribution >= 4 is 17.7 Å². The first-order valence-electron chi connectivity index (χ1n) is 5.50. The van der Waals surface area contributed by atoms with Gasteiger partial charge in [0.2, 0.25) is 0 Å². The molecule has 0 unspecified atom stereocenters. The fraction of sp³-hybridized carbons (Fsp3) is 0.231. The fourth-order valence-corrected chi connectivity index (χ4v) is 1.63. The average Bonchev–Trinajstić information content (AvgIpc) is 2.63. The van der Waals surface area contributed by atoms with Gasteiger partial charge in [-0.3, -0.25) is 4.90 Å². The Labute approximate surface area is 105 Å². The van der Waals surface area contributed by atoms with Crippen LogP contribution in [0.15, 0.2) is 36.4 Å². The lowest BCUT2D eigenvalue weighted by Crippen LogP contribution is -2.30. The molecule has 0 aliphatic carbocycles. The molecule has 1 aromatic rings. The van der Waals surface area contributed by atoms with Crippen molar-refractivity contribution in [3.8, 4) is 0 Å². The molecule has 0 atom stereocenters. The molecule has 1 aliphatic rings. The van der Waals surface area contributed by atoms with Gasteiger partial charge in [0, 0.05) is 12.2 Å². The number of rotatable bonds is 2. The van der Waals surface area contributed by atoms with E-state index >= 15 is 0 Å². The standard InChI is InChI=1S/C13H13NO4/c1-17-12(15)10-4-6-11(7-5-10)14-8-2-3-9-18-13(14)16/h2-7H,8-9H2,1H3. The largest absolute Gasteiger partial charge is 0.465 e. The molecule has 0 bridgehead atoms. The molecule has 0 N–H and O–H groups in total. The maximum absolute atomic E-state index is 11.7. The van der Waals surface area contributed by atoms with Gasteiger partial charge >= 0.3 is 12.1 Å². The number of carbonyl (C=O) groups is 2. The van der Waals surface area contributed by atoms with Crippen molar-refractivity contribution in [1.29, 1.82) is 0 Å². The Balaban J connectivity index is 2.20. The van der Waals surface area contributed by atoms with Gasteiger partial charge in [-0.15, -0.1) is 0 Å². The summed E-state index contributed by atoms with van der Waals surface area (Å²) in [6.07, 6.45) is 3.26. The zero-order chi connectivity index (χ0) is 13.0. The second kappa shape index (κ2) is 5.35. The second-order valence-corrected chi connectivity index (χ2v) is 3.70. The monoisotopic (exact) mass is 247 g/mol. The molecule has 0 spiro atoms. The van der Waals surface area contributed by atoms with Crippen LogP contribution in [0.5, 0.6) is 0 Å². The molecule has 94 valence electrons. The Morgan fingerprint density at radius 1 is 1.28 bits per heavy atom. The lowest BCUT2D eigenvalue weighted by Gasteiger charge is -2.18. The zero-order valence-corrected chi connectivity index (χ0v) is 9.96. The van der Waals surface area contributed by atoms with E-state index in [1.807, 2.05) is 6.08 Å². The summed E-state index contributed by atoms with van der Waals surface area (Å²) in [5.74, 6) is -0.403. The minimum atomic E-state index is -0.403. The number of carbonyl (C=O) groups excluding carboxylic acids is 2. The highest BCUT2D eigenvalue weighted by molar-refractivity contribution is 5.92. The molecule has 18 heavy (non-hydrogen) atoms. The van der Waals surface area contributed by atoms with Crippen LogP contribution >= 0.6 is 0 Å². The fourth-order valence-electron chi connectivity index (χ4n) is 1.63. The van der Waals surface area contributed by atoms with Crippen LogP contribution in [0.3, 0.4) is 0 Å². The first-order chi connectivity index (χ1) is 8.72. The third-order valence-electron chi connectivity index (χ3n) is 2.58. The van der Waals surface area contributed by atoms with Gasteiger partial charge in [0.05, 0.1) is 12.7 Å². The number of cyclic esters (lactones) is 1. The molecule has 0 aromatic heterocycles. The van der Waals surface area contributed by atoms with Crippen molar-refractivity contribution in [3.05, 3.63) is 42.0 Å². The number of hydrogen-bond acceptors (Lipinski definition) is 4. The normalized spacial score (nSPS) is 14.9. The lowest BCUT2D eigenvalue weighted by atomic mass is 10.2. The molecule has 1 amide bonds. The number of benzene rings is 1. The van der Waals surface area contributed by atoms with Crippen LogP contribution in [-0.2, 0) is 9.47 Å². The van der Waals surface area contributed by atoms with E-state index in [4.69, 9.17) is 4.74 Å². The summed E-state index contributed by atoms with van der Waals surface area (Å²) in [4.78, 5) is 24.4. The van der Waals surface area contributed by atoms with Gasteiger partial charge in [-0.2, -0.15) is 0 Å². The SMILES string of the molecule is COC(=O)c1ccc(N2CC=CCOC2=O)cc1. The van der Waals surface area contributed by atoms with E-state index < -0.39 is 12.1 Å². The molecule has 0 saturated carbocycles. The highest BCUT2D eigenvalue weighted by atomic mass is 16.6. The zero-order valence-electron chi connectivity index (χ0n) is 9.96. The number of ether oxygens (including phenoxy) is 2. The van der Waals surface area contributed by atoms with Crippen LogP contribution in [0.2, 0.25) is 0 Å². The molecule has 5 heteroatoms. The molecular weight excluding hydrogens is 234 g/mol. The second-order valence-electron chi connectivity index (χ2n) is 3.70. The van der Waals surface area contributed by atoms with Gasteiger partial charge in [0.1, 0.15) is 6.61 Å². The quantitative estimate of drug-likeness (QED) is 0.592. The van der Waals surface area contributed by atoms with E-state index in [1.54, 1.807) is 30.3 Å². The minimum Gasteiger partial charge on any atom is -0.465 e. The van der Waals surface area contributed by atoms with E-state index in [1.165, 1.54) is 12.0 Å². The van der Waals surface area contributed by atoms with Gasteiger partial charge in [-0.1, -0.05) is 6.08 Å². The Bertz CT molecular complexity index is 478. The number of hydrogen-bond donors (Lipinski definition) is 0. The number of esters is 1. The summed E-state index contributed by atoms with van der Waals surface area (Å²) in [7, 11) is 1.33. The number of methoxy groups -OCH3 is 1.